The van der Waals surface area contributed by atoms with Crippen LogP contribution in [0.15, 0.2) is 11.6 Å². The average Bonchev–Trinajstić information content (AvgIpc) is 2.14. The minimum atomic E-state index is -1.32. The number of rotatable bonds is 5. The molecule has 0 aromatic carbocycles. The molecule has 0 rings (SSSR count). The van der Waals surface area contributed by atoms with Crippen LogP contribution < -0.4 is 5.73 Å². The standard InChI is InChI=1S/C7H11N3O5/c1-3(11)5(10-9)7(14)15-2-4(8)6(12)13/h3-4,11H,2,8H2,1H3,(H-,12,13,14)/p+1/b7-5+/t3-,4-/m0/s1. The van der Waals surface area contributed by atoms with Crippen LogP contribution in [0.1, 0.15) is 6.92 Å². The number of nitrogens with zero attached hydrogens (tertiary/aromatic N) is 2. The van der Waals surface area contributed by atoms with Crippen molar-refractivity contribution in [3.8, 4) is 0 Å². The average molecular weight is 218 g/mol. The Balaban J connectivity index is 4.42. The number of nitrogens with two attached hydrogens (primary N) is 1. The van der Waals surface area contributed by atoms with Crippen molar-refractivity contribution in [1.29, 1.82) is 5.39 Å². The third kappa shape index (κ3) is 4.26. The van der Waals surface area contributed by atoms with Gasteiger partial charge in [0.05, 0.1) is 0 Å². The van der Waals surface area contributed by atoms with Crippen molar-refractivity contribution >= 4 is 5.97 Å². The largest absolute Gasteiger partial charge is 0.480 e. The number of carboxylic acid groups (broad SMARTS) is 1. The fraction of sp³-hybridized carbons (Fsp3) is 0.571. The van der Waals surface area contributed by atoms with E-state index in [-0.39, 0.29) is 0 Å². The fourth-order valence-electron chi connectivity index (χ4n) is 0.619. The summed E-state index contributed by atoms with van der Waals surface area (Å²) in [4.78, 5) is 12.8. The molecule has 2 atom stereocenters. The second-order valence-corrected chi connectivity index (χ2v) is 2.72. The van der Waals surface area contributed by atoms with Gasteiger partial charge >= 0.3 is 17.6 Å². The first-order valence-electron chi connectivity index (χ1n) is 3.97. The number of carbonyl (C=O) groups is 1. The van der Waals surface area contributed by atoms with E-state index in [1.54, 1.807) is 0 Å². The number of carboxylic acids is 1. The summed E-state index contributed by atoms with van der Waals surface area (Å²) in [5.41, 5.74) is 4.56. The number of aliphatic hydroxyl groups excluding tert-OH is 2. The van der Waals surface area contributed by atoms with Crippen LogP contribution in [0.5, 0.6) is 0 Å². The van der Waals surface area contributed by atoms with Gasteiger partial charge in [0.1, 0.15) is 12.6 Å². The summed E-state index contributed by atoms with van der Waals surface area (Å²) in [5.74, 6) is -2.17. The van der Waals surface area contributed by atoms with Crippen LogP contribution in [-0.2, 0) is 9.53 Å². The van der Waals surface area contributed by atoms with Crippen LogP contribution in [0.2, 0.25) is 0 Å². The van der Waals surface area contributed by atoms with E-state index < -0.39 is 36.4 Å². The third-order valence-electron chi connectivity index (χ3n) is 1.44. The van der Waals surface area contributed by atoms with E-state index in [4.69, 9.17) is 26.4 Å². The second kappa shape index (κ2) is 5.79. The van der Waals surface area contributed by atoms with Gasteiger partial charge in [-0.2, -0.15) is 0 Å². The van der Waals surface area contributed by atoms with E-state index >= 15 is 0 Å². The first-order valence-corrected chi connectivity index (χ1v) is 3.97. The normalized spacial score (nSPS) is 15.9. The summed E-state index contributed by atoms with van der Waals surface area (Å²) in [5, 5.41) is 34.8. The Morgan fingerprint density at radius 2 is 2.13 bits per heavy atom. The Morgan fingerprint density at radius 1 is 1.60 bits per heavy atom. The Labute approximate surface area is 85.2 Å². The lowest BCUT2D eigenvalue weighted by Crippen LogP contribution is -2.35. The van der Waals surface area contributed by atoms with Crippen LogP contribution in [0.4, 0.5) is 0 Å². The van der Waals surface area contributed by atoms with E-state index in [9.17, 15) is 4.79 Å². The molecule has 0 aliphatic heterocycles. The van der Waals surface area contributed by atoms with Gasteiger partial charge in [-0.3, -0.25) is 4.79 Å². The lowest BCUT2D eigenvalue weighted by Gasteiger charge is -2.06. The molecule has 8 heteroatoms. The molecule has 0 aromatic heterocycles. The topological polar surface area (TPSA) is 141 Å². The maximum atomic E-state index is 10.3. The third-order valence-corrected chi connectivity index (χ3v) is 1.44. The van der Waals surface area contributed by atoms with Gasteiger partial charge in [0.15, 0.2) is 11.1 Å². The Hall–Kier alpha value is -1.85. The smallest absolute Gasteiger partial charge is 0.468 e. The molecule has 0 aliphatic carbocycles. The maximum absolute atomic E-state index is 10.3. The van der Waals surface area contributed by atoms with Crippen LogP contribution in [0, 0.1) is 5.39 Å². The molecule has 8 nitrogen and oxygen atoms in total. The first kappa shape index (κ1) is 13.2. The molecule has 0 spiro atoms. The zero-order valence-electron chi connectivity index (χ0n) is 7.99. The summed E-state index contributed by atoms with van der Waals surface area (Å²) in [6, 6.07) is -1.32. The van der Waals surface area contributed by atoms with Crippen molar-refractivity contribution in [2.45, 2.75) is 19.1 Å². The minimum Gasteiger partial charge on any atom is -0.480 e. The first-order chi connectivity index (χ1) is 6.90. The summed E-state index contributed by atoms with van der Waals surface area (Å²) >= 11 is 0. The second-order valence-electron chi connectivity index (χ2n) is 2.72. The van der Waals surface area contributed by atoms with Crippen LogP contribution in [0.25, 0.3) is 4.98 Å². The van der Waals surface area contributed by atoms with Crippen LogP contribution in [0.3, 0.4) is 0 Å². The fourth-order valence-corrected chi connectivity index (χ4v) is 0.619. The van der Waals surface area contributed by atoms with E-state index in [0.717, 1.165) is 0 Å². The van der Waals surface area contributed by atoms with Crippen molar-refractivity contribution in [3.05, 3.63) is 16.6 Å². The molecule has 0 radical (unpaired) electrons. The van der Waals surface area contributed by atoms with Gasteiger partial charge in [0.2, 0.25) is 5.39 Å². The van der Waals surface area contributed by atoms with Gasteiger partial charge in [0.25, 0.3) is 0 Å². The van der Waals surface area contributed by atoms with Gasteiger partial charge < -0.3 is 25.8 Å². The molecule has 15 heavy (non-hydrogen) atoms. The molecule has 0 heterocycles. The Kier molecular flexibility index (Phi) is 5.08. The zero-order valence-corrected chi connectivity index (χ0v) is 7.99. The molecule has 0 bridgehead atoms. The number of aliphatic hydroxyl groups is 2. The molecule has 0 saturated heterocycles. The number of diazo groups is 1. The molecule has 0 aromatic rings. The van der Waals surface area contributed by atoms with Crippen molar-refractivity contribution in [2.75, 3.05) is 6.61 Å². The van der Waals surface area contributed by atoms with E-state index in [2.05, 4.69) is 9.71 Å². The van der Waals surface area contributed by atoms with E-state index in [0.29, 0.717) is 0 Å². The molecule has 0 amide bonds. The lowest BCUT2D eigenvalue weighted by molar-refractivity contribution is -0.139. The SMILES string of the molecule is C[C@H](O)/C([N+]#N)=C(/O)OC[C@H](N)C(=O)O. The predicted octanol–water partition coefficient (Wildman–Crippen LogP) is -0.624. The van der Waals surface area contributed by atoms with E-state index in [1.807, 2.05) is 0 Å². The lowest BCUT2D eigenvalue weighted by atomic mass is 10.3. The highest BCUT2D eigenvalue weighted by Gasteiger charge is 2.27. The van der Waals surface area contributed by atoms with E-state index in [1.165, 1.54) is 6.92 Å². The molecule has 0 saturated carbocycles. The Morgan fingerprint density at radius 3 is 2.47 bits per heavy atom. The summed E-state index contributed by atoms with van der Waals surface area (Å²) in [6.45, 7) is 0.721. The minimum absolute atomic E-state index is 0.507. The van der Waals surface area contributed by atoms with Crippen molar-refractivity contribution in [3.63, 3.8) is 0 Å². The van der Waals surface area contributed by atoms with Gasteiger partial charge in [0, 0.05) is 0 Å². The molecular weight excluding hydrogens is 206 g/mol. The monoisotopic (exact) mass is 218 g/mol. The predicted molar refractivity (Wildman–Crippen MR) is 48.0 cm³/mol. The van der Waals surface area contributed by atoms with Gasteiger partial charge in [-0.05, 0) is 6.92 Å². The molecule has 0 aliphatic rings. The number of hydrogen-bond acceptors (Lipinski definition) is 6. The summed E-state index contributed by atoms with van der Waals surface area (Å²) in [7, 11) is 0. The molecule has 5 N–H and O–H groups in total. The number of hydrogen-bond donors (Lipinski definition) is 4. The van der Waals surface area contributed by atoms with Crippen LogP contribution in [-0.4, -0.2) is 40.0 Å². The molecule has 84 valence electrons. The van der Waals surface area contributed by atoms with Gasteiger partial charge in [-0.15, -0.1) is 0 Å². The van der Waals surface area contributed by atoms with Crippen LogP contribution >= 0.6 is 0 Å². The highest BCUT2D eigenvalue weighted by molar-refractivity contribution is 5.73. The van der Waals surface area contributed by atoms with Gasteiger partial charge in [-0.1, -0.05) is 0 Å². The molecular formula is C7H12N3O5+. The molecule has 0 fully saturated rings. The summed E-state index contributed by atoms with van der Waals surface area (Å²) in [6.07, 6.45) is -1.25. The number of aliphatic carboxylic acids is 1. The molecule has 0 unspecified atom stereocenters. The van der Waals surface area contributed by atoms with Crippen molar-refractivity contribution in [2.24, 2.45) is 5.73 Å². The van der Waals surface area contributed by atoms with Crippen molar-refractivity contribution in [1.82, 2.24) is 0 Å². The summed E-state index contributed by atoms with van der Waals surface area (Å²) < 4.78 is 4.50. The Bertz CT molecular complexity index is 306. The number of ether oxygens (including phenoxy) is 1. The quantitative estimate of drug-likeness (QED) is 0.355. The maximum Gasteiger partial charge on any atom is 0.468 e. The highest BCUT2D eigenvalue weighted by atomic mass is 16.6. The highest BCUT2D eigenvalue weighted by Crippen LogP contribution is 2.09. The van der Waals surface area contributed by atoms with Crippen molar-refractivity contribution < 1.29 is 24.9 Å². The zero-order chi connectivity index (χ0) is 12.0. The van der Waals surface area contributed by atoms with Gasteiger partial charge in [-0.25, -0.2) is 0 Å².